The molecule has 1 heterocycles. The van der Waals surface area contributed by atoms with E-state index >= 15 is 0 Å². The summed E-state index contributed by atoms with van der Waals surface area (Å²) in [5, 5.41) is 0. The number of hydrogen-bond donors (Lipinski definition) is 1. The number of aryl methyl sites for hydroxylation is 1. The third-order valence-electron chi connectivity index (χ3n) is 3.47. The Morgan fingerprint density at radius 1 is 1.20 bits per heavy atom. The molecule has 1 aromatic heterocycles. The molecule has 0 radical (unpaired) electrons. The fourth-order valence-electron chi connectivity index (χ4n) is 2.46. The van der Waals surface area contributed by atoms with Crippen molar-refractivity contribution in [1.82, 2.24) is 9.55 Å². The van der Waals surface area contributed by atoms with Crippen LogP contribution in [0.5, 0.6) is 5.75 Å². The summed E-state index contributed by atoms with van der Waals surface area (Å²) in [6.45, 7) is 2.94. The molecule has 0 aliphatic heterocycles. The molecule has 0 fully saturated rings. The first-order chi connectivity index (χ1) is 9.74. The number of nitrogens with zero attached hydrogens (tertiary/aromatic N) is 2. The standard InChI is InChI=1S/C16H17N3O/c1-3-19-15-9-8-11(20-2)10-14(15)18-16(19)12-6-4-5-7-13(12)17/h4-10H,3,17H2,1-2H3. The van der Waals surface area contributed by atoms with Crippen LogP contribution >= 0.6 is 0 Å². The maximum atomic E-state index is 6.08. The van der Waals surface area contributed by atoms with Gasteiger partial charge in [0.15, 0.2) is 0 Å². The Labute approximate surface area is 117 Å². The lowest BCUT2D eigenvalue weighted by atomic mass is 10.1. The molecule has 4 heteroatoms. The van der Waals surface area contributed by atoms with Crippen LogP contribution in [0.1, 0.15) is 6.92 Å². The van der Waals surface area contributed by atoms with Gasteiger partial charge in [-0.25, -0.2) is 4.98 Å². The van der Waals surface area contributed by atoms with Crippen LogP contribution in [0.4, 0.5) is 5.69 Å². The Kier molecular flexibility index (Phi) is 3.06. The van der Waals surface area contributed by atoms with Crippen molar-refractivity contribution in [3.05, 3.63) is 42.5 Å². The summed E-state index contributed by atoms with van der Waals surface area (Å²) in [5.74, 6) is 1.71. The second-order valence-corrected chi connectivity index (χ2v) is 4.62. The molecular formula is C16H17N3O. The van der Waals surface area contributed by atoms with Gasteiger partial charge in [-0.05, 0) is 31.2 Å². The average Bonchev–Trinajstić information content (AvgIpc) is 2.84. The lowest BCUT2D eigenvalue weighted by Gasteiger charge is -2.08. The summed E-state index contributed by atoms with van der Waals surface area (Å²) in [4.78, 5) is 4.73. The van der Waals surface area contributed by atoms with Crippen molar-refractivity contribution in [3.8, 4) is 17.1 Å². The Morgan fingerprint density at radius 3 is 2.70 bits per heavy atom. The topological polar surface area (TPSA) is 53.1 Å². The summed E-state index contributed by atoms with van der Waals surface area (Å²) >= 11 is 0. The van der Waals surface area contributed by atoms with E-state index in [0.717, 1.165) is 40.4 Å². The largest absolute Gasteiger partial charge is 0.497 e. The van der Waals surface area contributed by atoms with Crippen LogP contribution < -0.4 is 10.5 Å². The molecule has 0 bridgehead atoms. The van der Waals surface area contributed by atoms with E-state index in [9.17, 15) is 0 Å². The van der Waals surface area contributed by atoms with Crippen molar-refractivity contribution in [1.29, 1.82) is 0 Å². The molecule has 2 N–H and O–H groups in total. The number of hydrogen-bond acceptors (Lipinski definition) is 3. The second-order valence-electron chi connectivity index (χ2n) is 4.62. The number of para-hydroxylation sites is 1. The minimum absolute atomic E-state index is 0.740. The molecule has 0 atom stereocenters. The van der Waals surface area contributed by atoms with Crippen LogP contribution in [0.25, 0.3) is 22.4 Å². The van der Waals surface area contributed by atoms with Gasteiger partial charge in [0.1, 0.15) is 11.6 Å². The quantitative estimate of drug-likeness (QED) is 0.741. The van der Waals surface area contributed by atoms with Gasteiger partial charge in [-0.15, -0.1) is 0 Å². The van der Waals surface area contributed by atoms with Crippen molar-refractivity contribution in [2.45, 2.75) is 13.5 Å². The number of methoxy groups -OCH3 is 1. The Hall–Kier alpha value is -2.49. The summed E-state index contributed by atoms with van der Waals surface area (Å²) in [5.41, 5.74) is 9.79. The number of benzene rings is 2. The van der Waals surface area contributed by atoms with E-state index in [4.69, 9.17) is 15.5 Å². The normalized spacial score (nSPS) is 10.9. The molecule has 20 heavy (non-hydrogen) atoms. The molecule has 3 aromatic rings. The Morgan fingerprint density at radius 2 is 2.00 bits per heavy atom. The molecular weight excluding hydrogens is 250 g/mol. The number of aromatic nitrogens is 2. The highest BCUT2D eigenvalue weighted by Crippen LogP contribution is 2.30. The van der Waals surface area contributed by atoms with E-state index in [1.165, 1.54) is 0 Å². The minimum atomic E-state index is 0.740. The average molecular weight is 267 g/mol. The Bertz CT molecular complexity index is 762. The maximum Gasteiger partial charge on any atom is 0.143 e. The first-order valence-electron chi connectivity index (χ1n) is 6.63. The van der Waals surface area contributed by atoms with Crippen LogP contribution in [-0.4, -0.2) is 16.7 Å². The van der Waals surface area contributed by atoms with Gasteiger partial charge < -0.3 is 15.0 Å². The third kappa shape index (κ3) is 1.90. The van der Waals surface area contributed by atoms with Gasteiger partial charge in [0.05, 0.1) is 18.1 Å². The maximum absolute atomic E-state index is 6.08. The monoisotopic (exact) mass is 267 g/mol. The van der Waals surface area contributed by atoms with Gasteiger partial charge >= 0.3 is 0 Å². The SMILES string of the molecule is CCn1c(-c2ccccc2N)nc2cc(OC)ccc21. The predicted molar refractivity (Wildman–Crippen MR) is 81.8 cm³/mol. The molecule has 3 rings (SSSR count). The van der Waals surface area contributed by atoms with Crippen LogP contribution in [0.3, 0.4) is 0 Å². The highest BCUT2D eigenvalue weighted by molar-refractivity contribution is 5.84. The van der Waals surface area contributed by atoms with Crippen molar-refractivity contribution >= 4 is 16.7 Å². The molecule has 0 amide bonds. The first kappa shape index (κ1) is 12.5. The molecule has 0 saturated heterocycles. The van der Waals surface area contributed by atoms with Gasteiger partial charge in [-0.1, -0.05) is 12.1 Å². The number of anilines is 1. The number of nitrogens with two attached hydrogens (primary N) is 1. The number of nitrogen functional groups attached to an aromatic ring is 1. The molecule has 2 aromatic carbocycles. The fraction of sp³-hybridized carbons (Fsp3) is 0.188. The molecule has 4 nitrogen and oxygen atoms in total. The van der Waals surface area contributed by atoms with Crippen molar-refractivity contribution in [3.63, 3.8) is 0 Å². The van der Waals surface area contributed by atoms with Crippen LogP contribution in [0.15, 0.2) is 42.5 Å². The van der Waals surface area contributed by atoms with E-state index in [-0.39, 0.29) is 0 Å². The zero-order chi connectivity index (χ0) is 14.1. The fourth-order valence-corrected chi connectivity index (χ4v) is 2.46. The molecule has 102 valence electrons. The number of rotatable bonds is 3. The number of ether oxygens (including phenoxy) is 1. The predicted octanol–water partition coefficient (Wildman–Crippen LogP) is 3.31. The molecule has 0 unspecified atom stereocenters. The van der Waals surface area contributed by atoms with E-state index in [1.54, 1.807) is 7.11 Å². The van der Waals surface area contributed by atoms with Gasteiger partial charge in [0.25, 0.3) is 0 Å². The zero-order valence-electron chi connectivity index (χ0n) is 11.6. The molecule has 0 spiro atoms. The second kappa shape index (κ2) is 4.89. The first-order valence-corrected chi connectivity index (χ1v) is 6.63. The molecule has 0 aliphatic rings. The van der Waals surface area contributed by atoms with E-state index in [1.807, 2.05) is 42.5 Å². The van der Waals surface area contributed by atoms with Gasteiger partial charge in [-0.2, -0.15) is 0 Å². The number of imidazole rings is 1. The zero-order valence-corrected chi connectivity index (χ0v) is 11.6. The summed E-state index contributed by atoms with van der Waals surface area (Å²) in [6.07, 6.45) is 0. The van der Waals surface area contributed by atoms with Crippen LogP contribution in [0, 0.1) is 0 Å². The van der Waals surface area contributed by atoms with Crippen molar-refractivity contribution in [2.24, 2.45) is 0 Å². The van der Waals surface area contributed by atoms with Gasteiger partial charge in [0, 0.05) is 23.9 Å². The summed E-state index contributed by atoms with van der Waals surface area (Å²) in [6, 6.07) is 13.7. The lowest BCUT2D eigenvalue weighted by Crippen LogP contribution is -1.99. The molecule has 0 saturated carbocycles. The molecule has 0 aliphatic carbocycles. The summed E-state index contributed by atoms with van der Waals surface area (Å²) in [7, 11) is 1.66. The van der Waals surface area contributed by atoms with Crippen molar-refractivity contribution in [2.75, 3.05) is 12.8 Å². The van der Waals surface area contributed by atoms with Gasteiger partial charge in [0.2, 0.25) is 0 Å². The number of fused-ring (bicyclic) bond motifs is 1. The van der Waals surface area contributed by atoms with Crippen LogP contribution in [0.2, 0.25) is 0 Å². The van der Waals surface area contributed by atoms with E-state index in [0.29, 0.717) is 0 Å². The minimum Gasteiger partial charge on any atom is -0.497 e. The third-order valence-corrected chi connectivity index (χ3v) is 3.47. The van der Waals surface area contributed by atoms with E-state index < -0.39 is 0 Å². The highest BCUT2D eigenvalue weighted by Gasteiger charge is 2.13. The Balaban J connectivity index is 2.28. The lowest BCUT2D eigenvalue weighted by molar-refractivity contribution is 0.415. The smallest absolute Gasteiger partial charge is 0.143 e. The summed E-state index contributed by atoms with van der Waals surface area (Å²) < 4.78 is 7.43. The van der Waals surface area contributed by atoms with Crippen LogP contribution in [-0.2, 0) is 6.54 Å². The highest BCUT2D eigenvalue weighted by atomic mass is 16.5. The van der Waals surface area contributed by atoms with E-state index in [2.05, 4.69) is 11.5 Å². The van der Waals surface area contributed by atoms with Gasteiger partial charge in [-0.3, -0.25) is 0 Å². The van der Waals surface area contributed by atoms with Crippen molar-refractivity contribution < 1.29 is 4.74 Å².